The van der Waals surface area contributed by atoms with Crippen molar-refractivity contribution in [2.24, 2.45) is 5.90 Å². The first-order valence-corrected chi connectivity index (χ1v) is 4.53. The highest BCUT2D eigenvalue weighted by atomic mass is 35.5. The van der Waals surface area contributed by atoms with E-state index in [9.17, 15) is 4.79 Å². The fraction of sp³-hybridized carbons (Fsp3) is 0.222. The third-order valence-electron chi connectivity index (χ3n) is 2.07. The van der Waals surface area contributed by atoms with Crippen molar-refractivity contribution in [1.29, 1.82) is 0 Å². The van der Waals surface area contributed by atoms with Crippen LogP contribution in [0.5, 0.6) is 11.5 Å². The van der Waals surface area contributed by atoms with Gasteiger partial charge in [0.05, 0.1) is 17.2 Å². The average Bonchev–Trinajstić information content (AvgIpc) is 2.70. The molecule has 1 aliphatic rings. The molecule has 5 nitrogen and oxygen atoms in total. The fourth-order valence-corrected chi connectivity index (χ4v) is 1.68. The van der Waals surface area contributed by atoms with E-state index in [-0.39, 0.29) is 13.4 Å². The molecule has 0 aromatic heterocycles. The molecule has 0 saturated carbocycles. The first kappa shape index (κ1) is 10.2. The van der Waals surface area contributed by atoms with Gasteiger partial charge >= 0.3 is 0 Å². The second kappa shape index (κ2) is 4.06. The van der Waals surface area contributed by atoms with Crippen molar-refractivity contribution in [2.45, 2.75) is 6.61 Å². The Morgan fingerprint density at radius 1 is 1.53 bits per heavy atom. The molecule has 80 valence electrons. The summed E-state index contributed by atoms with van der Waals surface area (Å²) >= 11 is 5.94. The largest absolute Gasteiger partial charge is 0.453 e. The molecule has 0 aliphatic carbocycles. The number of hydrogen-bond acceptors (Lipinski definition) is 5. The molecule has 1 aliphatic heterocycles. The van der Waals surface area contributed by atoms with Gasteiger partial charge in [-0.1, -0.05) is 11.6 Å². The molecule has 0 fully saturated rings. The molecule has 1 aromatic carbocycles. The maximum atomic E-state index is 10.7. The highest BCUT2D eigenvalue weighted by Gasteiger charge is 2.24. The van der Waals surface area contributed by atoms with Gasteiger partial charge in [0.15, 0.2) is 17.8 Å². The number of nitrogens with two attached hydrogens (primary N) is 1. The average molecular weight is 230 g/mol. The summed E-state index contributed by atoms with van der Waals surface area (Å²) in [6.07, 6.45) is 0.659. The Balaban J connectivity index is 2.57. The lowest BCUT2D eigenvalue weighted by molar-refractivity contribution is 0.111. The van der Waals surface area contributed by atoms with Gasteiger partial charge in [-0.15, -0.1) is 0 Å². The number of fused-ring (bicyclic) bond motifs is 1. The van der Waals surface area contributed by atoms with E-state index in [1.54, 1.807) is 0 Å². The minimum Gasteiger partial charge on any atom is -0.453 e. The molecule has 0 bridgehead atoms. The predicted octanol–water partition coefficient (Wildman–Crippen LogP) is 1.27. The first-order chi connectivity index (χ1) is 7.27. The highest BCUT2D eigenvalue weighted by molar-refractivity contribution is 6.32. The van der Waals surface area contributed by atoms with Crippen molar-refractivity contribution in [3.63, 3.8) is 0 Å². The van der Waals surface area contributed by atoms with E-state index < -0.39 is 0 Å². The van der Waals surface area contributed by atoms with Gasteiger partial charge < -0.3 is 9.47 Å². The van der Waals surface area contributed by atoms with Crippen molar-refractivity contribution < 1.29 is 19.1 Å². The lowest BCUT2D eigenvalue weighted by Crippen LogP contribution is -2.01. The molecule has 0 spiro atoms. The minimum atomic E-state index is 0.0636. The maximum Gasteiger partial charge on any atom is 0.231 e. The molecule has 2 rings (SSSR count). The van der Waals surface area contributed by atoms with Crippen LogP contribution in [0.2, 0.25) is 5.02 Å². The van der Waals surface area contributed by atoms with Crippen LogP contribution in [-0.4, -0.2) is 13.1 Å². The van der Waals surface area contributed by atoms with E-state index in [1.807, 2.05) is 0 Å². The van der Waals surface area contributed by atoms with Gasteiger partial charge in [0.1, 0.15) is 0 Å². The summed E-state index contributed by atoms with van der Waals surface area (Å²) in [4.78, 5) is 15.2. The normalized spacial score (nSPS) is 12.9. The summed E-state index contributed by atoms with van der Waals surface area (Å²) in [6.45, 7) is 0.164. The van der Waals surface area contributed by atoms with Crippen molar-refractivity contribution in [3.05, 3.63) is 22.2 Å². The van der Waals surface area contributed by atoms with E-state index in [0.717, 1.165) is 0 Å². The number of ether oxygens (including phenoxy) is 2. The monoisotopic (exact) mass is 229 g/mol. The van der Waals surface area contributed by atoms with Gasteiger partial charge in [-0.05, 0) is 6.07 Å². The van der Waals surface area contributed by atoms with Crippen LogP contribution in [0.1, 0.15) is 15.9 Å². The second-order valence-electron chi connectivity index (χ2n) is 2.92. The van der Waals surface area contributed by atoms with Gasteiger partial charge in [0, 0.05) is 5.56 Å². The van der Waals surface area contributed by atoms with Crippen LogP contribution < -0.4 is 15.4 Å². The Labute approximate surface area is 90.6 Å². The summed E-state index contributed by atoms with van der Waals surface area (Å²) in [6, 6.07) is 1.50. The van der Waals surface area contributed by atoms with Gasteiger partial charge in [0.25, 0.3) is 0 Å². The van der Waals surface area contributed by atoms with Crippen molar-refractivity contribution >= 4 is 17.9 Å². The molecule has 2 N–H and O–H groups in total. The Morgan fingerprint density at radius 2 is 2.27 bits per heavy atom. The maximum absolute atomic E-state index is 10.7. The standard InChI is InChI=1S/C9H8ClNO4/c10-7-1-5(2-12)8-9(14-4-13-8)6(7)3-15-11/h1-2H,3-4,11H2. The Kier molecular flexibility index (Phi) is 2.77. The van der Waals surface area contributed by atoms with E-state index in [2.05, 4.69) is 4.84 Å². The van der Waals surface area contributed by atoms with Crippen LogP contribution in [0.4, 0.5) is 0 Å². The van der Waals surface area contributed by atoms with Gasteiger partial charge in [-0.2, -0.15) is 0 Å². The number of aldehydes is 1. The third-order valence-corrected chi connectivity index (χ3v) is 2.41. The smallest absolute Gasteiger partial charge is 0.231 e. The molecule has 0 atom stereocenters. The van der Waals surface area contributed by atoms with Gasteiger partial charge in [-0.3, -0.25) is 9.63 Å². The zero-order chi connectivity index (χ0) is 10.8. The molecular weight excluding hydrogens is 222 g/mol. The molecule has 15 heavy (non-hydrogen) atoms. The molecule has 0 radical (unpaired) electrons. The summed E-state index contributed by atoms with van der Waals surface area (Å²) in [5.41, 5.74) is 0.936. The first-order valence-electron chi connectivity index (χ1n) is 4.15. The number of rotatable bonds is 3. The molecular formula is C9H8ClNO4. The SMILES string of the molecule is NOCc1c(Cl)cc(C=O)c2c1OCO2. The minimum absolute atomic E-state index is 0.0636. The van der Waals surface area contributed by atoms with Crippen molar-refractivity contribution in [1.82, 2.24) is 0 Å². The van der Waals surface area contributed by atoms with Crippen LogP contribution in [0.25, 0.3) is 0 Å². The van der Waals surface area contributed by atoms with Crippen LogP contribution >= 0.6 is 11.6 Å². The number of benzene rings is 1. The molecule has 6 heteroatoms. The Bertz CT molecular complexity index is 408. The topological polar surface area (TPSA) is 70.8 Å². The summed E-state index contributed by atoms with van der Waals surface area (Å²) in [5.74, 6) is 5.79. The van der Waals surface area contributed by atoms with Crippen LogP contribution in [0.3, 0.4) is 0 Å². The number of halogens is 1. The lowest BCUT2D eigenvalue weighted by Gasteiger charge is -2.08. The zero-order valence-corrected chi connectivity index (χ0v) is 8.41. The molecule has 1 aromatic rings. The van der Waals surface area contributed by atoms with E-state index in [1.165, 1.54) is 6.07 Å². The van der Waals surface area contributed by atoms with Crippen LogP contribution in [0, 0.1) is 0 Å². The summed E-state index contributed by atoms with van der Waals surface area (Å²) in [7, 11) is 0. The van der Waals surface area contributed by atoms with Gasteiger partial charge in [0.2, 0.25) is 6.79 Å². The van der Waals surface area contributed by atoms with Crippen LogP contribution in [-0.2, 0) is 11.4 Å². The third kappa shape index (κ3) is 1.65. The predicted molar refractivity (Wildman–Crippen MR) is 51.9 cm³/mol. The highest BCUT2D eigenvalue weighted by Crippen LogP contribution is 2.42. The Morgan fingerprint density at radius 3 is 2.93 bits per heavy atom. The lowest BCUT2D eigenvalue weighted by atomic mass is 10.1. The zero-order valence-electron chi connectivity index (χ0n) is 7.66. The molecule has 0 unspecified atom stereocenters. The quantitative estimate of drug-likeness (QED) is 0.624. The van der Waals surface area contributed by atoms with Gasteiger partial charge in [-0.25, -0.2) is 5.90 Å². The van der Waals surface area contributed by atoms with Crippen molar-refractivity contribution in [2.75, 3.05) is 6.79 Å². The van der Waals surface area contributed by atoms with E-state index in [0.29, 0.717) is 33.9 Å². The summed E-state index contributed by atoms with van der Waals surface area (Å²) in [5, 5.41) is 0.367. The number of carbonyl (C=O) groups excluding carboxylic acids is 1. The summed E-state index contributed by atoms with van der Waals surface area (Å²) < 4.78 is 10.4. The fourth-order valence-electron chi connectivity index (χ4n) is 1.42. The Hall–Kier alpha value is -1.30. The second-order valence-corrected chi connectivity index (χ2v) is 3.33. The number of carbonyl (C=O) groups is 1. The molecule has 0 amide bonds. The number of hydrogen-bond donors (Lipinski definition) is 1. The van der Waals surface area contributed by atoms with E-state index >= 15 is 0 Å². The van der Waals surface area contributed by atoms with Crippen molar-refractivity contribution in [3.8, 4) is 11.5 Å². The van der Waals surface area contributed by atoms with E-state index in [4.69, 9.17) is 27.0 Å². The molecule has 0 saturated heterocycles. The van der Waals surface area contributed by atoms with Crippen LogP contribution in [0.15, 0.2) is 6.07 Å². The molecule has 1 heterocycles.